The first kappa shape index (κ1) is 8.55. The molecule has 4 N–H and O–H groups in total. The molecule has 0 fully saturated rings. The van der Waals surface area contributed by atoms with Crippen molar-refractivity contribution in [2.24, 2.45) is 7.05 Å². The number of nitrogens with zero attached hydrogens (tertiary/aromatic N) is 3. The highest BCUT2D eigenvalue weighted by atomic mass is 15.4. The smallest absolute Gasteiger partial charge is 0.150 e. The highest BCUT2D eigenvalue weighted by Gasteiger charge is 2.08. The van der Waals surface area contributed by atoms with E-state index in [-0.39, 0.29) is 0 Å². The minimum absolute atomic E-state index is 0.551. The molecule has 1 heterocycles. The van der Waals surface area contributed by atoms with Crippen LogP contribution in [0.2, 0.25) is 0 Å². The van der Waals surface area contributed by atoms with Crippen molar-refractivity contribution in [3.05, 3.63) is 24.3 Å². The van der Waals surface area contributed by atoms with Crippen LogP contribution in [0.5, 0.6) is 0 Å². The zero-order valence-corrected chi connectivity index (χ0v) is 7.81. The third-order valence-electron chi connectivity index (χ3n) is 2.05. The molecular formula is C9H11N5. The van der Waals surface area contributed by atoms with Crippen molar-refractivity contribution in [3.8, 4) is 11.3 Å². The minimum Gasteiger partial charge on any atom is -0.399 e. The van der Waals surface area contributed by atoms with Gasteiger partial charge >= 0.3 is 0 Å². The maximum atomic E-state index is 5.78. The zero-order chi connectivity index (χ0) is 10.1. The van der Waals surface area contributed by atoms with Crippen LogP contribution in [0, 0.1) is 0 Å². The lowest BCUT2D eigenvalue weighted by atomic mass is 10.1. The predicted octanol–water partition coefficient (Wildman–Crippen LogP) is 0.647. The second-order valence-electron chi connectivity index (χ2n) is 3.07. The summed E-state index contributed by atoms with van der Waals surface area (Å²) in [6, 6.07) is 7.36. The SMILES string of the molecule is Cn1nnc(-c2ccc(N)cc2)c1N. The molecule has 0 aliphatic heterocycles. The Balaban J connectivity index is 2.49. The summed E-state index contributed by atoms with van der Waals surface area (Å²) in [5.41, 5.74) is 13.7. The Morgan fingerprint density at radius 1 is 1.14 bits per heavy atom. The Morgan fingerprint density at radius 3 is 2.29 bits per heavy atom. The summed E-state index contributed by atoms with van der Waals surface area (Å²) in [5.74, 6) is 0.551. The van der Waals surface area contributed by atoms with E-state index in [1.165, 1.54) is 4.68 Å². The Labute approximate surface area is 81.3 Å². The van der Waals surface area contributed by atoms with Crippen LogP contribution in [0.4, 0.5) is 11.5 Å². The van der Waals surface area contributed by atoms with Crippen LogP contribution in [-0.4, -0.2) is 15.0 Å². The van der Waals surface area contributed by atoms with E-state index in [1.807, 2.05) is 24.3 Å². The first-order valence-corrected chi connectivity index (χ1v) is 4.19. The fraction of sp³-hybridized carbons (Fsp3) is 0.111. The van der Waals surface area contributed by atoms with Crippen LogP contribution in [0.3, 0.4) is 0 Å². The average molecular weight is 189 g/mol. The van der Waals surface area contributed by atoms with Gasteiger partial charge in [0.2, 0.25) is 0 Å². The standard InChI is InChI=1S/C9H11N5/c1-14-9(11)8(12-13-14)6-2-4-7(10)5-3-6/h2-5H,10-11H2,1H3. The van der Waals surface area contributed by atoms with Gasteiger partial charge in [0.25, 0.3) is 0 Å². The molecule has 0 unspecified atom stereocenters. The third-order valence-corrected chi connectivity index (χ3v) is 2.05. The van der Waals surface area contributed by atoms with Crippen molar-refractivity contribution in [1.29, 1.82) is 0 Å². The molecule has 5 heteroatoms. The van der Waals surface area contributed by atoms with Gasteiger partial charge in [0.15, 0.2) is 0 Å². The summed E-state index contributed by atoms with van der Waals surface area (Å²) in [5, 5.41) is 7.79. The number of benzene rings is 1. The van der Waals surface area contributed by atoms with Crippen molar-refractivity contribution in [3.63, 3.8) is 0 Å². The molecular weight excluding hydrogens is 178 g/mol. The second-order valence-corrected chi connectivity index (χ2v) is 3.07. The van der Waals surface area contributed by atoms with E-state index in [4.69, 9.17) is 11.5 Å². The molecule has 0 amide bonds. The summed E-state index contributed by atoms with van der Waals surface area (Å²) >= 11 is 0. The highest BCUT2D eigenvalue weighted by molar-refractivity contribution is 5.70. The Hall–Kier alpha value is -2.04. The van der Waals surface area contributed by atoms with E-state index in [0.29, 0.717) is 11.5 Å². The molecule has 0 aliphatic carbocycles. The maximum absolute atomic E-state index is 5.78. The first-order valence-electron chi connectivity index (χ1n) is 4.19. The number of nitrogens with two attached hydrogens (primary N) is 2. The summed E-state index contributed by atoms with van der Waals surface area (Å²) in [4.78, 5) is 0. The molecule has 0 saturated carbocycles. The Bertz CT molecular complexity index is 443. The van der Waals surface area contributed by atoms with E-state index >= 15 is 0 Å². The number of hydrogen-bond acceptors (Lipinski definition) is 4. The van der Waals surface area contributed by atoms with Crippen LogP contribution in [0.1, 0.15) is 0 Å². The van der Waals surface area contributed by atoms with Gasteiger partial charge < -0.3 is 11.5 Å². The molecule has 0 bridgehead atoms. The van der Waals surface area contributed by atoms with Gasteiger partial charge in [-0.2, -0.15) is 0 Å². The van der Waals surface area contributed by atoms with Crippen LogP contribution < -0.4 is 11.5 Å². The maximum Gasteiger partial charge on any atom is 0.150 e. The summed E-state index contributed by atoms with van der Waals surface area (Å²) in [6.45, 7) is 0. The number of rotatable bonds is 1. The van der Waals surface area contributed by atoms with Gasteiger partial charge in [-0.1, -0.05) is 17.3 Å². The van der Waals surface area contributed by atoms with Crippen LogP contribution >= 0.6 is 0 Å². The molecule has 0 saturated heterocycles. The Morgan fingerprint density at radius 2 is 1.79 bits per heavy atom. The first-order chi connectivity index (χ1) is 6.68. The molecule has 72 valence electrons. The largest absolute Gasteiger partial charge is 0.399 e. The van der Waals surface area contributed by atoms with Crippen LogP contribution in [0.15, 0.2) is 24.3 Å². The van der Waals surface area contributed by atoms with Crippen molar-refractivity contribution in [1.82, 2.24) is 15.0 Å². The van der Waals surface area contributed by atoms with Gasteiger partial charge in [-0.05, 0) is 12.1 Å². The van der Waals surface area contributed by atoms with Crippen molar-refractivity contribution >= 4 is 11.5 Å². The van der Waals surface area contributed by atoms with E-state index in [1.54, 1.807) is 7.05 Å². The molecule has 1 aromatic carbocycles. The third kappa shape index (κ3) is 1.28. The van der Waals surface area contributed by atoms with Crippen molar-refractivity contribution in [2.75, 3.05) is 11.5 Å². The molecule has 0 aliphatic rings. The molecule has 2 rings (SSSR count). The van der Waals surface area contributed by atoms with Crippen molar-refractivity contribution in [2.45, 2.75) is 0 Å². The number of aromatic nitrogens is 3. The van der Waals surface area contributed by atoms with Crippen LogP contribution in [0.25, 0.3) is 11.3 Å². The fourth-order valence-corrected chi connectivity index (χ4v) is 1.21. The van der Waals surface area contributed by atoms with E-state index < -0.39 is 0 Å². The number of aryl methyl sites for hydroxylation is 1. The van der Waals surface area contributed by atoms with E-state index in [0.717, 1.165) is 11.3 Å². The van der Waals surface area contributed by atoms with Crippen molar-refractivity contribution < 1.29 is 0 Å². The zero-order valence-electron chi connectivity index (χ0n) is 7.81. The molecule has 1 aromatic heterocycles. The number of anilines is 2. The van der Waals surface area contributed by atoms with Gasteiger partial charge in [0.1, 0.15) is 11.5 Å². The minimum atomic E-state index is 0.551. The van der Waals surface area contributed by atoms with Crippen LogP contribution in [-0.2, 0) is 7.05 Å². The summed E-state index contributed by atoms with van der Waals surface area (Å²) in [7, 11) is 1.75. The highest BCUT2D eigenvalue weighted by Crippen LogP contribution is 2.22. The van der Waals surface area contributed by atoms with Gasteiger partial charge in [-0.25, -0.2) is 4.68 Å². The fourth-order valence-electron chi connectivity index (χ4n) is 1.21. The normalized spacial score (nSPS) is 10.4. The lowest BCUT2D eigenvalue weighted by Gasteiger charge is -1.98. The topological polar surface area (TPSA) is 82.8 Å². The molecule has 0 spiro atoms. The molecule has 0 atom stereocenters. The Kier molecular flexibility index (Phi) is 1.85. The van der Waals surface area contributed by atoms with Gasteiger partial charge in [-0.3, -0.25) is 0 Å². The predicted molar refractivity (Wildman–Crippen MR) is 55.3 cm³/mol. The summed E-state index contributed by atoms with van der Waals surface area (Å²) in [6.07, 6.45) is 0. The molecule has 14 heavy (non-hydrogen) atoms. The monoisotopic (exact) mass is 189 g/mol. The van der Waals surface area contributed by atoms with E-state index in [2.05, 4.69) is 10.3 Å². The van der Waals surface area contributed by atoms with Gasteiger partial charge in [0.05, 0.1) is 0 Å². The lowest BCUT2D eigenvalue weighted by Crippen LogP contribution is -1.98. The average Bonchev–Trinajstić information content (AvgIpc) is 2.50. The summed E-state index contributed by atoms with van der Waals surface area (Å²) < 4.78 is 1.53. The van der Waals surface area contributed by atoms with Gasteiger partial charge in [-0.15, -0.1) is 5.10 Å². The number of nitrogen functional groups attached to an aromatic ring is 2. The lowest BCUT2D eigenvalue weighted by molar-refractivity contribution is 0.723. The molecule has 5 nitrogen and oxygen atoms in total. The molecule has 2 aromatic rings. The molecule has 0 radical (unpaired) electrons. The number of hydrogen-bond donors (Lipinski definition) is 2. The quantitative estimate of drug-likeness (QED) is 0.645. The second kappa shape index (κ2) is 3.02. The van der Waals surface area contributed by atoms with E-state index in [9.17, 15) is 0 Å². The van der Waals surface area contributed by atoms with Gasteiger partial charge in [0, 0.05) is 18.3 Å².